The molecule has 0 heterocycles. The lowest BCUT2D eigenvalue weighted by Crippen LogP contribution is -2.20. The lowest BCUT2D eigenvalue weighted by molar-refractivity contribution is -0.118. The van der Waals surface area contributed by atoms with E-state index in [1.807, 2.05) is 6.07 Å². The first-order valence-corrected chi connectivity index (χ1v) is 5.95. The third-order valence-corrected chi connectivity index (χ3v) is 2.95. The first-order valence-electron chi connectivity index (χ1n) is 5.16. The summed E-state index contributed by atoms with van der Waals surface area (Å²) in [5.74, 6) is -0.281. The summed E-state index contributed by atoms with van der Waals surface area (Å²) >= 11 is 3.32. The van der Waals surface area contributed by atoms with Crippen LogP contribution in [0.5, 0.6) is 5.75 Å². The Morgan fingerprint density at radius 2 is 2.35 bits per heavy atom. The van der Waals surface area contributed by atoms with E-state index in [0.717, 1.165) is 4.47 Å². The monoisotopic (exact) mass is 296 g/mol. The summed E-state index contributed by atoms with van der Waals surface area (Å²) in [6.45, 7) is 1.80. The fourth-order valence-corrected chi connectivity index (χ4v) is 1.71. The number of ether oxygens (including phenoxy) is 1. The highest BCUT2D eigenvalue weighted by Crippen LogP contribution is 2.28. The fraction of sp³-hybridized carbons (Fsp3) is 0.333. The van der Waals surface area contributed by atoms with Crippen molar-refractivity contribution >= 4 is 27.5 Å². The molecule has 0 radical (unpaired) electrons. The van der Waals surface area contributed by atoms with Crippen molar-refractivity contribution in [3.63, 3.8) is 0 Å². The average Bonchev–Trinajstić information content (AvgIpc) is 2.33. The molecule has 1 rings (SSSR count). The number of amides is 1. The van der Waals surface area contributed by atoms with Crippen molar-refractivity contribution in [1.82, 2.24) is 0 Å². The number of benzene rings is 1. The maximum atomic E-state index is 11.7. The van der Waals surface area contributed by atoms with Crippen LogP contribution in [0.4, 0.5) is 5.69 Å². The molecule has 1 amide bonds. The number of nitrogens with one attached hydrogen (secondary N) is 1. The first-order chi connectivity index (χ1) is 8.12. The van der Waals surface area contributed by atoms with E-state index in [-0.39, 0.29) is 5.91 Å². The smallest absolute Gasteiger partial charge is 0.241 e. The Morgan fingerprint density at radius 3 is 2.88 bits per heavy atom. The zero-order chi connectivity index (χ0) is 12.8. The summed E-state index contributed by atoms with van der Waals surface area (Å²) in [5, 5.41) is 11.5. The predicted molar refractivity (Wildman–Crippen MR) is 68.7 cm³/mol. The molecule has 1 N–H and O–H groups in total. The third kappa shape index (κ3) is 3.46. The molecule has 1 aromatic rings. The molecule has 0 aliphatic rings. The first kappa shape index (κ1) is 13.5. The van der Waals surface area contributed by atoms with Gasteiger partial charge in [-0.25, -0.2) is 0 Å². The summed E-state index contributed by atoms with van der Waals surface area (Å²) in [6.07, 6.45) is 0.496. The number of anilines is 1. The van der Waals surface area contributed by atoms with Gasteiger partial charge in [0.25, 0.3) is 0 Å². The number of hydrogen-bond acceptors (Lipinski definition) is 3. The SMILES string of the molecule is CCC(C#N)C(=O)Nc1ccc(Br)c(OC)c1. The maximum Gasteiger partial charge on any atom is 0.241 e. The van der Waals surface area contributed by atoms with Crippen LogP contribution in [-0.4, -0.2) is 13.0 Å². The molecule has 17 heavy (non-hydrogen) atoms. The Labute approximate surface area is 109 Å². The van der Waals surface area contributed by atoms with Crippen LogP contribution in [0.3, 0.4) is 0 Å². The minimum atomic E-state index is -0.621. The minimum Gasteiger partial charge on any atom is -0.495 e. The van der Waals surface area contributed by atoms with Crippen molar-refractivity contribution in [3.8, 4) is 11.8 Å². The van der Waals surface area contributed by atoms with Crippen molar-refractivity contribution < 1.29 is 9.53 Å². The maximum absolute atomic E-state index is 11.7. The highest BCUT2D eigenvalue weighted by molar-refractivity contribution is 9.10. The summed E-state index contributed by atoms with van der Waals surface area (Å²) in [4.78, 5) is 11.7. The third-order valence-electron chi connectivity index (χ3n) is 2.30. The van der Waals surface area contributed by atoms with Crippen LogP contribution in [0.15, 0.2) is 22.7 Å². The van der Waals surface area contributed by atoms with Gasteiger partial charge in [-0.2, -0.15) is 5.26 Å². The van der Waals surface area contributed by atoms with Gasteiger partial charge >= 0.3 is 0 Å². The number of carbonyl (C=O) groups is 1. The van der Waals surface area contributed by atoms with Crippen LogP contribution < -0.4 is 10.1 Å². The molecule has 1 unspecified atom stereocenters. The van der Waals surface area contributed by atoms with Crippen LogP contribution in [0.1, 0.15) is 13.3 Å². The van der Waals surface area contributed by atoms with E-state index in [2.05, 4.69) is 21.2 Å². The molecule has 0 bridgehead atoms. The zero-order valence-corrected chi connectivity index (χ0v) is 11.2. The molecule has 0 aromatic heterocycles. The summed E-state index contributed by atoms with van der Waals surface area (Å²) in [7, 11) is 1.55. The van der Waals surface area contributed by atoms with Crippen LogP contribution in [0.2, 0.25) is 0 Å². The Morgan fingerprint density at radius 1 is 1.65 bits per heavy atom. The molecular formula is C12H13BrN2O2. The molecule has 0 aliphatic heterocycles. The van der Waals surface area contributed by atoms with Crippen molar-refractivity contribution in [2.75, 3.05) is 12.4 Å². The van der Waals surface area contributed by atoms with Gasteiger partial charge in [-0.15, -0.1) is 0 Å². The molecule has 5 heteroatoms. The normalized spacial score (nSPS) is 11.4. The van der Waals surface area contributed by atoms with Gasteiger partial charge in [0.1, 0.15) is 11.7 Å². The van der Waals surface area contributed by atoms with E-state index in [4.69, 9.17) is 10.00 Å². The highest BCUT2D eigenvalue weighted by atomic mass is 79.9. The standard InChI is InChI=1S/C12H13BrN2O2/c1-3-8(7-14)12(16)15-9-4-5-10(13)11(6-9)17-2/h4-6,8H,3H2,1-2H3,(H,15,16). The number of rotatable bonds is 4. The van der Waals surface area contributed by atoms with E-state index >= 15 is 0 Å². The molecule has 1 atom stereocenters. The van der Waals surface area contributed by atoms with Crippen molar-refractivity contribution in [2.45, 2.75) is 13.3 Å². The Balaban J connectivity index is 2.82. The molecule has 0 saturated carbocycles. The van der Waals surface area contributed by atoms with Gasteiger partial charge in [0.2, 0.25) is 5.91 Å². The number of halogens is 1. The molecule has 1 aromatic carbocycles. The van der Waals surface area contributed by atoms with Gasteiger partial charge in [-0.3, -0.25) is 4.79 Å². The lowest BCUT2D eigenvalue weighted by atomic mass is 10.1. The van der Waals surface area contributed by atoms with Gasteiger partial charge in [0, 0.05) is 11.8 Å². The largest absolute Gasteiger partial charge is 0.495 e. The zero-order valence-electron chi connectivity index (χ0n) is 9.66. The second-order valence-electron chi connectivity index (χ2n) is 3.43. The quantitative estimate of drug-likeness (QED) is 0.929. The topological polar surface area (TPSA) is 62.1 Å². The Bertz CT molecular complexity index is 454. The van der Waals surface area contributed by atoms with E-state index in [1.54, 1.807) is 32.2 Å². The van der Waals surface area contributed by atoms with E-state index in [1.165, 1.54) is 0 Å². The lowest BCUT2D eigenvalue weighted by Gasteiger charge is -2.10. The average molecular weight is 297 g/mol. The Hall–Kier alpha value is -1.54. The molecular weight excluding hydrogens is 284 g/mol. The number of methoxy groups -OCH3 is 1. The minimum absolute atomic E-state index is 0.292. The number of nitriles is 1. The molecule has 0 saturated heterocycles. The second kappa shape index (κ2) is 6.26. The molecule has 0 fully saturated rings. The molecule has 0 aliphatic carbocycles. The van der Waals surface area contributed by atoms with Crippen molar-refractivity contribution in [3.05, 3.63) is 22.7 Å². The van der Waals surface area contributed by atoms with Gasteiger partial charge in [-0.05, 0) is 34.5 Å². The molecule has 0 spiro atoms. The van der Waals surface area contributed by atoms with E-state index < -0.39 is 5.92 Å². The van der Waals surface area contributed by atoms with Gasteiger partial charge in [0.05, 0.1) is 17.7 Å². The van der Waals surface area contributed by atoms with Gasteiger partial charge < -0.3 is 10.1 Å². The number of nitrogens with zero attached hydrogens (tertiary/aromatic N) is 1. The molecule has 90 valence electrons. The molecule has 4 nitrogen and oxygen atoms in total. The Kier molecular flexibility index (Phi) is 4.98. The van der Waals surface area contributed by atoms with Crippen LogP contribution >= 0.6 is 15.9 Å². The van der Waals surface area contributed by atoms with Crippen LogP contribution in [-0.2, 0) is 4.79 Å². The second-order valence-corrected chi connectivity index (χ2v) is 4.28. The van der Waals surface area contributed by atoms with E-state index in [0.29, 0.717) is 17.9 Å². The van der Waals surface area contributed by atoms with Crippen molar-refractivity contribution in [1.29, 1.82) is 5.26 Å². The van der Waals surface area contributed by atoms with E-state index in [9.17, 15) is 4.79 Å². The number of carbonyl (C=O) groups excluding carboxylic acids is 1. The summed E-state index contributed by atoms with van der Waals surface area (Å²) in [5.41, 5.74) is 0.615. The van der Waals surface area contributed by atoms with Crippen LogP contribution in [0.25, 0.3) is 0 Å². The summed E-state index contributed by atoms with van der Waals surface area (Å²) in [6, 6.07) is 7.18. The van der Waals surface area contributed by atoms with Crippen molar-refractivity contribution in [2.24, 2.45) is 5.92 Å². The van der Waals surface area contributed by atoms with Gasteiger partial charge in [-0.1, -0.05) is 6.92 Å². The van der Waals surface area contributed by atoms with Crippen LogP contribution in [0, 0.1) is 17.2 Å². The summed E-state index contributed by atoms with van der Waals surface area (Å²) < 4.78 is 5.93. The highest BCUT2D eigenvalue weighted by Gasteiger charge is 2.15. The predicted octanol–water partition coefficient (Wildman–Crippen LogP) is 2.95. The van der Waals surface area contributed by atoms with Gasteiger partial charge in [0.15, 0.2) is 0 Å². The number of hydrogen-bond donors (Lipinski definition) is 1. The fourth-order valence-electron chi connectivity index (χ4n) is 1.30.